The summed E-state index contributed by atoms with van der Waals surface area (Å²) in [5.41, 5.74) is 0.829. The molecule has 1 aliphatic heterocycles. The standard InChI is InChI=1S/C16H14N2O5/c19-18(20)13-9-17-7-6-14(13)23-15(16-10-21-11-22-16)8-12-4-2-1-3-5-12/h1-7,9-10,15H,8,11H2. The highest BCUT2D eigenvalue weighted by Gasteiger charge is 2.26. The molecule has 0 radical (unpaired) electrons. The highest BCUT2D eigenvalue weighted by atomic mass is 16.7. The van der Waals surface area contributed by atoms with Gasteiger partial charge in [-0.25, -0.2) is 0 Å². The molecule has 0 saturated heterocycles. The second-order valence-electron chi connectivity index (χ2n) is 4.85. The molecule has 118 valence electrons. The Balaban J connectivity index is 1.86. The quantitative estimate of drug-likeness (QED) is 0.602. The first-order valence-electron chi connectivity index (χ1n) is 6.97. The number of aromatic nitrogens is 1. The van der Waals surface area contributed by atoms with Gasteiger partial charge in [-0.2, -0.15) is 0 Å². The smallest absolute Gasteiger partial charge is 0.329 e. The summed E-state index contributed by atoms with van der Waals surface area (Å²) in [5, 5.41) is 11.1. The zero-order valence-electron chi connectivity index (χ0n) is 12.1. The minimum atomic E-state index is -0.527. The summed E-state index contributed by atoms with van der Waals surface area (Å²) in [6.45, 7) is 0.114. The Kier molecular flexibility index (Phi) is 4.37. The topological polar surface area (TPSA) is 83.7 Å². The van der Waals surface area contributed by atoms with Gasteiger partial charge < -0.3 is 14.2 Å². The minimum Gasteiger partial charge on any atom is -0.475 e. The van der Waals surface area contributed by atoms with E-state index >= 15 is 0 Å². The van der Waals surface area contributed by atoms with E-state index in [0.29, 0.717) is 12.2 Å². The lowest BCUT2D eigenvalue weighted by molar-refractivity contribution is -0.386. The van der Waals surface area contributed by atoms with Gasteiger partial charge in [0.25, 0.3) is 0 Å². The van der Waals surface area contributed by atoms with Crippen molar-refractivity contribution in [3.05, 3.63) is 76.5 Å². The van der Waals surface area contributed by atoms with Crippen molar-refractivity contribution < 1.29 is 19.1 Å². The molecule has 7 nitrogen and oxygen atoms in total. The van der Waals surface area contributed by atoms with Gasteiger partial charge in [-0.3, -0.25) is 15.1 Å². The van der Waals surface area contributed by atoms with E-state index in [0.717, 1.165) is 11.8 Å². The predicted octanol–water partition coefficient (Wildman–Crippen LogP) is 2.83. The summed E-state index contributed by atoms with van der Waals surface area (Å²) in [6.07, 6.45) is 4.05. The highest BCUT2D eigenvalue weighted by molar-refractivity contribution is 5.43. The molecule has 0 aliphatic carbocycles. The van der Waals surface area contributed by atoms with Crippen LogP contribution in [0.5, 0.6) is 5.75 Å². The van der Waals surface area contributed by atoms with Crippen molar-refractivity contribution in [1.29, 1.82) is 0 Å². The summed E-state index contributed by atoms with van der Waals surface area (Å²) in [4.78, 5) is 14.3. The molecule has 0 spiro atoms. The second kappa shape index (κ2) is 6.78. The molecule has 1 aliphatic rings. The predicted molar refractivity (Wildman–Crippen MR) is 80.6 cm³/mol. The lowest BCUT2D eigenvalue weighted by Gasteiger charge is -2.18. The van der Waals surface area contributed by atoms with Gasteiger partial charge in [0.2, 0.25) is 12.5 Å². The number of benzene rings is 1. The van der Waals surface area contributed by atoms with E-state index in [-0.39, 0.29) is 18.2 Å². The summed E-state index contributed by atoms with van der Waals surface area (Å²) in [6, 6.07) is 11.1. The van der Waals surface area contributed by atoms with E-state index in [2.05, 4.69) is 4.98 Å². The first-order chi connectivity index (χ1) is 11.2. The maximum Gasteiger partial charge on any atom is 0.329 e. The van der Waals surface area contributed by atoms with Gasteiger partial charge in [-0.1, -0.05) is 30.3 Å². The highest BCUT2D eigenvalue weighted by Crippen LogP contribution is 2.29. The van der Waals surface area contributed by atoms with Crippen LogP contribution in [0.15, 0.2) is 60.8 Å². The van der Waals surface area contributed by atoms with Crippen LogP contribution in [0.2, 0.25) is 0 Å². The number of rotatable bonds is 6. The first kappa shape index (κ1) is 14.8. The third-order valence-electron chi connectivity index (χ3n) is 3.30. The molecular weight excluding hydrogens is 300 g/mol. The fraction of sp³-hybridized carbons (Fsp3) is 0.188. The van der Waals surface area contributed by atoms with Crippen molar-refractivity contribution in [2.45, 2.75) is 12.5 Å². The van der Waals surface area contributed by atoms with Crippen LogP contribution < -0.4 is 4.74 Å². The molecule has 0 fully saturated rings. The normalized spacial score (nSPS) is 14.3. The molecule has 0 amide bonds. The molecule has 0 N–H and O–H groups in total. The molecule has 1 atom stereocenters. The zero-order chi connectivity index (χ0) is 16.1. The molecule has 1 aromatic heterocycles. The van der Waals surface area contributed by atoms with E-state index in [1.807, 2.05) is 30.3 Å². The van der Waals surface area contributed by atoms with E-state index in [1.165, 1.54) is 18.5 Å². The average molecular weight is 314 g/mol. The monoisotopic (exact) mass is 314 g/mol. The molecule has 7 heteroatoms. The fourth-order valence-corrected chi connectivity index (χ4v) is 2.21. The van der Waals surface area contributed by atoms with Gasteiger partial charge >= 0.3 is 5.69 Å². The molecule has 1 aromatic carbocycles. The Bertz CT molecular complexity index is 717. The van der Waals surface area contributed by atoms with Gasteiger partial charge in [0.1, 0.15) is 12.5 Å². The number of ether oxygens (including phenoxy) is 3. The van der Waals surface area contributed by atoms with Crippen molar-refractivity contribution in [2.75, 3.05) is 6.79 Å². The summed E-state index contributed by atoms with van der Waals surface area (Å²) in [7, 11) is 0. The summed E-state index contributed by atoms with van der Waals surface area (Å²) < 4.78 is 16.3. The number of nitrogens with zero attached hydrogens (tertiary/aromatic N) is 2. The molecule has 3 rings (SSSR count). The Morgan fingerprint density at radius 3 is 2.83 bits per heavy atom. The van der Waals surface area contributed by atoms with Crippen molar-refractivity contribution >= 4 is 5.69 Å². The van der Waals surface area contributed by atoms with Gasteiger partial charge in [-0.05, 0) is 5.56 Å². The second-order valence-corrected chi connectivity index (χ2v) is 4.85. The van der Waals surface area contributed by atoms with Gasteiger partial charge in [0.15, 0.2) is 11.9 Å². The van der Waals surface area contributed by atoms with Crippen LogP contribution in [-0.2, 0) is 15.9 Å². The SMILES string of the molecule is O=[N+]([O-])c1cnccc1OC(Cc1ccccc1)C1=COCO1. The largest absolute Gasteiger partial charge is 0.475 e. The van der Waals surface area contributed by atoms with Gasteiger partial charge in [0, 0.05) is 18.7 Å². The van der Waals surface area contributed by atoms with Crippen LogP contribution in [0.1, 0.15) is 5.56 Å². The van der Waals surface area contributed by atoms with Crippen LogP contribution >= 0.6 is 0 Å². The number of pyridine rings is 1. The molecule has 0 saturated carbocycles. The number of hydrogen-bond donors (Lipinski definition) is 0. The molecule has 2 aromatic rings. The van der Waals surface area contributed by atoms with Crippen molar-refractivity contribution in [2.24, 2.45) is 0 Å². The average Bonchev–Trinajstić information content (AvgIpc) is 3.10. The molecule has 2 heterocycles. The van der Waals surface area contributed by atoms with E-state index in [4.69, 9.17) is 14.2 Å². The van der Waals surface area contributed by atoms with Crippen LogP contribution in [0.25, 0.3) is 0 Å². The maximum absolute atomic E-state index is 11.1. The first-order valence-corrected chi connectivity index (χ1v) is 6.97. The van der Waals surface area contributed by atoms with E-state index in [1.54, 1.807) is 0 Å². The molecule has 0 bridgehead atoms. The maximum atomic E-state index is 11.1. The van der Waals surface area contributed by atoms with Gasteiger partial charge in [0.05, 0.1) is 4.92 Å². The summed E-state index contributed by atoms with van der Waals surface area (Å²) in [5.74, 6) is 0.641. The van der Waals surface area contributed by atoms with Crippen LogP contribution in [0.3, 0.4) is 0 Å². The lowest BCUT2D eigenvalue weighted by Crippen LogP contribution is -2.23. The number of hydrogen-bond acceptors (Lipinski definition) is 6. The van der Waals surface area contributed by atoms with Crippen molar-refractivity contribution in [1.82, 2.24) is 4.98 Å². The molecule has 1 unspecified atom stereocenters. The lowest BCUT2D eigenvalue weighted by atomic mass is 10.1. The molecular formula is C16H14N2O5. The molecule has 23 heavy (non-hydrogen) atoms. The minimum absolute atomic E-state index is 0.114. The van der Waals surface area contributed by atoms with E-state index in [9.17, 15) is 10.1 Å². The Morgan fingerprint density at radius 2 is 2.13 bits per heavy atom. The Morgan fingerprint density at radius 1 is 1.30 bits per heavy atom. The summed E-state index contributed by atoms with van der Waals surface area (Å²) >= 11 is 0. The van der Waals surface area contributed by atoms with Crippen molar-refractivity contribution in [3.8, 4) is 5.75 Å². The third kappa shape index (κ3) is 3.57. The third-order valence-corrected chi connectivity index (χ3v) is 3.30. The Labute approximate surface area is 132 Å². The van der Waals surface area contributed by atoms with Crippen molar-refractivity contribution in [3.63, 3.8) is 0 Å². The van der Waals surface area contributed by atoms with Crippen LogP contribution in [0, 0.1) is 10.1 Å². The van der Waals surface area contributed by atoms with E-state index < -0.39 is 11.0 Å². The van der Waals surface area contributed by atoms with Crippen LogP contribution in [0.4, 0.5) is 5.69 Å². The number of nitro groups is 1. The zero-order valence-corrected chi connectivity index (χ0v) is 12.1. The Hall–Kier alpha value is -3.09. The van der Waals surface area contributed by atoms with Gasteiger partial charge in [-0.15, -0.1) is 0 Å². The van der Waals surface area contributed by atoms with Crippen LogP contribution in [-0.4, -0.2) is 22.8 Å². The fourth-order valence-electron chi connectivity index (χ4n) is 2.21.